The summed E-state index contributed by atoms with van der Waals surface area (Å²) >= 11 is 8.40. The van der Waals surface area contributed by atoms with Crippen molar-refractivity contribution >= 4 is 23.4 Å². The van der Waals surface area contributed by atoms with Crippen molar-refractivity contribution < 1.29 is 19.7 Å². The monoisotopic (exact) mass is 464 g/mol. The van der Waals surface area contributed by atoms with Gasteiger partial charge in [0.05, 0.1) is 24.9 Å². The van der Waals surface area contributed by atoms with Crippen LogP contribution >= 0.6 is 23.4 Å². The highest BCUT2D eigenvalue weighted by atomic mass is 35.5. The van der Waals surface area contributed by atoms with Crippen molar-refractivity contribution in [1.29, 1.82) is 0 Å². The van der Waals surface area contributed by atoms with Gasteiger partial charge in [-0.2, -0.15) is 11.8 Å². The van der Waals surface area contributed by atoms with Gasteiger partial charge in [-0.1, -0.05) is 49.7 Å². The van der Waals surface area contributed by atoms with Crippen LogP contribution in [0.1, 0.15) is 55.9 Å². The molecule has 170 valence electrons. The molecule has 6 heteroatoms. The van der Waals surface area contributed by atoms with Gasteiger partial charge in [-0.3, -0.25) is 0 Å². The Bertz CT molecular complexity index is 808. The molecule has 2 N–H and O–H groups in total. The molecular formula is C25H33ClO4S. The molecule has 2 aromatic rings. The number of aliphatic hydroxyl groups excluding tert-OH is 2. The zero-order valence-corrected chi connectivity index (χ0v) is 19.9. The van der Waals surface area contributed by atoms with Crippen molar-refractivity contribution in [3.05, 3.63) is 64.2 Å². The highest BCUT2D eigenvalue weighted by Crippen LogP contribution is 2.34. The van der Waals surface area contributed by atoms with Crippen LogP contribution in [-0.4, -0.2) is 46.6 Å². The van der Waals surface area contributed by atoms with E-state index in [1.54, 1.807) is 0 Å². The number of rotatable bonds is 6. The van der Waals surface area contributed by atoms with Crippen LogP contribution in [0.2, 0.25) is 5.02 Å². The molecule has 2 aliphatic heterocycles. The SMILES string of the molecule is CC.OCC1CC(O)CC(c2ccc(Cl)c(Cc3ccc(OC4CCSC4)cc3)c2)O1. The van der Waals surface area contributed by atoms with Crippen molar-refractivity contribution in [2.75, 3.05) is 18.1 Å². The third-order valence-electron chi connectivity index (χ3n) is 5.53. The van der Waals surface area contributed by atoms with E-state index in [4.69, 9.17) is 21.1 Å². The Hall–Kier alpha value is -1.24. The van der Waals surface area contributed by atoms with E-state index in [0.717, 1.165) is 34.6 Å². The molecule has 2 saturated heterocycles. The Balaban J connectivity index is 0.00000132. The molecule has 0 saturated carbocycles. The number of aliphatic hydroxyl groups is 2. The standard InChI is InChI=1S/C23H27ClO4S.C2H6/c24-22-6-3-16(23-12-18(26)11-21(13-25)28-23)10-17(22)9-15-1-4-19(5-2-15)27-20-7-8-29-14-20;1-2/h1-6,10,18,20-21,23,25-26H,7-9,11-14H2;1-2H3. The molecule has 2 aromatic carbocycles. The van der Waals surface area contributed by atoms with Crippen LogP contribution in [0.4, 0.5) is 0 Å². The summed E-state index contributed by atoms with van der Waals surface area (Å²) < 4.78 is 12.0. The van der Waals surface area contributed by atoms with E-state index in [-0.39, 0.29) is 18.8 Å². The van der Waals surface area contributed by atoms with Crippen LogP contribution in [-0.2, 0) is 11.2 Å². The van der Waals surface area contributed by atoms with Gasteiger partial charge in [0.15, 0.2) is 0 Å². The number of ether oxygens (including phenoxy) is 2. The fourth-order valence-corrected chi connectivity index (χ4v) is 5.24. The van der Waals surface area contributed by atoms with Gasteiger partial charge in [-0.05, 0) is 53.5 Å². The van der Waals surface area contributed by atoms with Crippen molar-refractivity contribution in [3.8, 4) is 5.75 Å². The molecule has 4 rings (SSSR count). The molecule has 0 spiro atoms. The Morgan fingerprint density at radius 2 is 1.90 bits per heavy atom. The van der Waals surface area contributed by atoms with E-state index in [2.05, 4.69) is 18.2 Å². The maximum Gasteiger partial charge on any atom is 0.119 e. The van der Waals surface area contributed by atoms with Gasteiger partial charge in [0, 0.05) is 23.6 Å². The Morgan fingerprint density at radius 3 is 2.58 bits per heavy atom. The Morgan fingerprint density at radius 1 is 1.13 bits per heavy atom. The average Bonchev–Trinajstić information content (AvgIpc) is 3.30. The molecule has 31 heavy (non-hydrogen) atoms. The summed E-state index contributed by atoms with van der Waals surface area (Å²) in [4.78, 5) is 0. The van der Waals surface area contributed by atoms with Crippen LogP contribution in [0.5, 0.6) is 5.75 Å². The normalized spacial score (nSPS) is 25.6. The van der Waals surface area contributed by atoms with Crippen LogP contribution in [0.3, 0.4) is 0 Å². The smallest absolute Gasteiger partial charge is 0.119 e. The van der Waals surface area contributed by atoms with E-state index >= 15 is 0 Å². The number of hydrogen-bond donors (Lipinski definition) is 2. The van der Waals surface area contributed by atoms with Gasteiger partial charge in [0.1, 0.15) is 11.9 Å². The second-order valence-corrected chi connectivity index (χ2v) is 9.39. The molecule has 2 fully saturated rings. The molecule has 0 aromatic heterocycles. The topological polar surface area (TPSA) is 58.9 Å². The summed E-state index contributed by atoms with van der Waals surface area (Å²) in [6.07, 6.45) is 2.14. The van der Waals surface area contributed by atoms with Crippen molar-refractivity contribution in [3.63, 3.8) is 0 Å². The van der Waals surface area contributed by atoms with Crippen molar-refractivity contribution in [2.45, 2.75) is 63.9 Å². The lowest BCUT2D eigenvalue weighted by atomic mass is 9.94. The molecular weight excluding hydrogens is 432 g/mol. The molecule has 4 atom stereocenters. The maximum atomic E-state index is 10.1. The van der Waals surface area contributed by atoms with Crippen LogP contribution in [0.25, 0.3) is 0 Å². The number of benzene rings is 2. The third-order valence-corrected chi connectivity index (χ3v) is 7.03. The van der Waals surface area contributed by atoms with Gasteiger partial charge >= 0.3 is 0 Å². The maximum absolute atomic E-state index is 10.1. The van der Waals surface area contributed by atoms with E-state index in [0.29, 0.717) is 30.4 Å². The summed E-state index contributed by atoms with van der Waals surface area (Å²) in [5.74, 6) is 3.16. The minimum absolute atomic E-state index is 0.0814. The average molecular weight is 465 g/mol. The quantitative estimate of drug-likeness (QED) is 0.598. The lowest BCUT2D eigenvalue weighted by Crippen LogP contribution is -2.33. The van der Waals surface area contributed by atoms with Gasteiger partial charge in [0.2, 0.25) is 0 Å². The van der Waals surface area contributed by atoms with Crippen LogP contribution in [0.15, 0.2) is 42.5 Å². The van der Waals surface area contributed by atoms with Crippen LogP contribution in [0, 0.1) is 0 Å². The van der Waals surface area contributed by atoms with Crippen molar-refractivity contribution in [1.82, 2.24) is 0 Å². The van der Waals surface area contributed by atoms with E-state index < -0.39 is 6.10 Å². The van der Waals surface area contributed by atoms with Gasteiger partial charge < -0.3 is 19.7 Å². The fraction of sp³-hybridized carbons (Fsp3) is 0.520. The first-order valence-electron chi connectivity index (χ1n) is 11.2. The molecule has 2 heterocycles. The number of thioether (sulfide) groups is 1. The fourth-order valence-electron chi connectivity index (χ4n) is 3.96. The summed E-state index contributed by atoms with van der Waals surface area (Å²) in [6, 6.07) is 14.1. The highest BCUT2D eigenvalue weighted by molar-refractivity contribution is 7.99. The predicted molar refractivity (Wildman–Crippen MR) is 128 cm³/mol. The first kappa shape index (κ1) is 24.4. The van der Waals surface area contributed by atoms with Gasteiger partial charge in [0.25, 0.3) is 0 Å². The molecule has 0 radical (unpaired) electrons. The first-order chi connectivity index (χ1) is 15.1. The summed E-state index contributed by atoms with van der Waals surface area (Å²) in [7, 11) is 0. The van der Waals surface area contributed by atoms with Gasteiger partial charge in [-0.15, -0.1) is 0 Å². The lowest BCUT2D eigenvalue weighted by molar-refractivity contribution is -0.113. The molecule has 0 aliphatic carbocycles. The molecule has 0 amide bonds. The van der Waals surface area contributed by atoms with Crippen molar-refractivity contribution in [2.24, 2.45) is 0 Å². The van der Waals surface area contributed by atoms with E-state index in [1.165, 1.54) is 5.75 Å². The Kier molecular flexibility index (Phi) is 9.54. The number of halogens is 1. The predicted octanol–water partition coefficient (Wildman–Crippen LogP) is 5.41. The Labute approximate surface area is 194 Å². The molecule has 0 bridgehead atoms. The molecule has 2 aliphatic rings. The van der Waals surface area contributed by atoms with Gasteiger partial charge in [-0.25, -0.2) is 0 Å². The van der Waals surface area contributed by atoms with Crippen LogP contribution < -0.4 is 4.74 Å². The summed E-state index contributed by atoms with van der Waals surface area (Å²) in [5, 5.41) is 20.2. The zero-order valence-electron chi connectivity index (χ0n) is 18.3. The summed E-state index contributed by atoms with van der Waals surface area (Å²) in [6.45, 7) is 3.92. The second-order valence-electron chi connectivity index (χ2n) is 7.83. The minimum atomic E-state index is -0.462. The largest absolute Gasteiger partial charge is 0.490 e. The zero-order chi connectivity index (χ0) is 22.2. The number of hydrogen-bond acceptors (Lipinski definition) is 5. The second kappa shape index (κ2) is 12.1. The molecule has 4 unspecified atom stereocenters. The highest BCUT2D eigenvalue weighted by Gasteiger charge is 2.29. The first-order valence-corrected chi connectivity index (χ1v) is 12.7. The lowest BCUT2D eigenvalue weighted by Gasteiger charge is -2.32. The van der Waals surface area contributed by atoms with E-state index in [9.17, 15) is 10.2 Å². The summed E-state index contributed by atoms with van der Waals surface area (Å²) in [5.41, 5.74) is 3.17. The van der Waals surface area contributed by atoms with E-state index in [1.807, 2.05) is 49.9 Å². The molecule has 4 nitrogen and oxygen atoms in total. The minimum Gasteiger partial charge on any atom is -0.490 e. The third kappa shape index (κ3) is 6.87.